The van der Waals surface area contributed by atoms with Crippen LogP contribution in [0.15, 0.2) is 54.6 Å². The molecule has 0 unspecified atom stereocenters. The summed E-state index contributed by atoms with van der Waals surface area (Å²) in [4.78, 5) is 25.7. The Morgan fingerprint density at radius 1 is 1.00 bits per heavy atom. The minimum atomic E-state index is -0.192. The zero-order chi connectivity index (χ0) is 20.5. The topological polar surface area (TPSA) is 76.0 Å². The number of carbonyl (C=O) groups is 2. The van der Waals surface area contributed by atoms with E-state index < -0.39 is 0 Å². The maximum Gasteiger partial charge on any atom is 0.265 e. The van der Waals surface area contributed by atoms with Crippen molar-refractivity contribution in [2.75, 3.05) is 10.6 Å². The molecule has 2 heterocycles. The summed E-state index contributed by atoms with van der Waals surface area (Å²) < 4.78 is 1.87. The van der Waals surface area contributed by atoms with Crippen LogP contribution in [-0.2, 0) is 4.79 Å². The smallest absolute Gasteiger partial charge is 0.265 e. The molecular weight excluding hydrogens is 384 g/mol. The van der Waals surface area contributed by atoms with Gasteiger partial charge in [-0.05, 0) is 49.7 Å². The molecule has 4 rings (SSSR count). The second kappa shape index (κ2) is 7.52. The molecule has 2 amide bonds. The minimum Gasteiger partial charge on any atom is -0.326 e. The Kier molecular flexibility index (Phi) is 4.90. The zero-order valence-electron chi connectivity index (χ0n) is 16.3. The number of para-hydroxylation sites is 1. The number of benzene rings is 2. The number of hydrogen-bond donors (Lipinski definition) is 2. The van der Waals surface area contributed by atoms with Crippen molar-refractivity contribution in [2.24, 2.45) is 0 Å². The fraction of sp³-hybridized carbons (Fsp3) is 0.136. The number of hydrogen-bond acceptors (Lipinski definition) is 4. The summed E-state index contributed by atoms with van der Waals surface area (Å²) in [6, 6.07) is 17.2. The lowest BCUT2D eigenvalue weighted by Gasteiger charge is -2.10. The standard InChI is InChI=1S/C22H20N4O2S/c1-13-9-10-16(11-19(13)23-15(3)27)24-21(28)20-12-18-14(2)25-26(22(18)29-20)17-7-5-4-6-8-17/h4-12H,1-3H3,(H,23,27)(H,24,28). The lowest BCUT2D eigenvalue weighted by molar-refractivity contribution is -0.114. The highest BCUT2D eigenvalue weighted by Crippen LogP contribution is 2.31. The van der Waals surface area contributed by atoms with Crippen LogP contribution in [0.3, 0.4) is 0 Å². The predicted octanol–water partition coefficient (Wildman–Crippen LogP) is 4.91. The van der Waals surface area contributed by atoms with Gasteiger partial charge in [-0.25, -0.2) is 4.68 Å². The third kappa shape index (κ3) is 3.77. The van der Waals surface area contributed by atoms with Crippen LogP contribution in [0.25, 0.3) is 15.9 Å². The Hall–Kier alpha value is -3.45. The largest absolute Gasteiger partial charge is 0.326 e. The van der Waals surface area contributed by atoms with Gasteiger partial charge in [0, 0.05) is 23.7 Å². The van der Waals surface area contributed by atoms with Crippen LogP contribution >= 0.6 is 11.3 Å². The molecule has 0 radical (unpaired) electrons. The highest BCUT2D eigenvalue weighted by atomic mass is 32.1. The molecule has 0 aliphatic carbocycles. The highest BCUT2D eigenvalue weighted by molar-refractivity contribution is 7.20. The normalized spacial score (nSPS) is 10.9. The summed E-state index contributed by atoms with van der Waals surface area (Å²) in [6.45, 7) is 5.30. The van der Waals surface area contributed by atoms with Crippen molar-refractivity contribution in [3.63, 3.8) is 0 Å². The molecule has 2 N–H and O–H groups in total. The number of fused-ring (bicyclic) bond motifs is 1. The van der Waals surface area contributed by atoms with E-state index in [4.69, 9.17) is 0 Å². The Labute approximate surface area is 172 Å². The molecule has 0 atom stereocenters. The van der Waals surface area contributed by atoms with Crippen molar-refractivity contribution in [3.05, 3.63) is 70.7 Å². The number of rotatable bonds is 4. The molecule has 0 aliphatic heterocycles. The molecule has 0 fully saturated rings. The van der Waals surface area contributed by atoms with Crippen LogP contribution in [0.2, 0.25) is 0 Å². The Bertz CT molecular complexity index is 1220. The van der Waals surface area contributed by atoms with E-state index in [0.717, 1.165) is 27.2 Å². The van der Waals surface area contributed by atoms with E-state index >= 15 is 0 Å². The molecule has 6 nitrogen and oxygen atoms in total. The lowest BCUT2D eigenvalue weighted by Crippen LogP contribution is -2.12. The summed E-state index contributed by atoms with van der Waals surface area (Å²) >= 11 is 1.40. The number of aryl methyl sites for hydroxylation is 2. The number of thiophene rings is 1. The summed E-state index contributed by atoms with van der Waals surface area (Å²) in [5.74, 6) is -0.343. The van der Waals surface area contributed by atoms with E-state index in [2.05, 4.69) is 15.7 Å². The molecule has 0 bridgehead atoms. The van der Waals surface area contributed by atoms with E-state index in [0.29, 0.717) is 16.3 Å². The maximum atomic E-state index is 12.8. The quantitative estimate of drug-likeness (QED) is 0.507. The second-order valence-electron chi connectivity index (χ2n) is 6.83. The SMILES string of the molecule is CC(=O)Nc1cc(NC(=O)c2cc3c(C)nn(-c4ccccc4)c3s2)ccc1C. The van der Waals surface area contributed by atoms with Crippen molar-refractivity contribution >= 4 is 44.7 Å². The van der Waals surface area contributed by atoms with Crippen molar-refractivity contribution in [3.8, 4) is 5.69 Å². The first-order chi connectivity index (χ1) is 13.9. The lowest BCUT2D eigenvalue weighted by atomic mass is 10.1. The van der Waals surface area contributed by atoms with Gasteiger partial charge in [0.25, 0.3) is 5.91 Å². The van der Waals surface area contributed by atoms with Gasteiger partial charge in [-0.15, -0.1) is 11.3 Å². The molecular formula is C22H20N4O2S. The highest BCUT2D eigenvalue weighted by Gasteiger charge is 2.17. The van der Waals surface area contributed by atoms with E-state index in [1.165, 1.54) is 18.3 Å². The summed E-state index contributed by atoms with van der Waals surface area (Å²) in [7, 11) is 0. The molecule has 7 heteroatoms. The molecule has 0 saturated heterocycles. The predicted molar refractivity (Wildman–Crippen MR) is 117 cm³/mol. The van der Waals surface area contributed by atoms with Crippen molar-refractivity contribution in [1.82, 2.24) is 9.78 Å². The van der Waals surface area contributed by atoms with Gasteiger partial charge in [0.15, 0.2) is 0 Å². The number of amides is 2. The first-order valence-electron chi connectivity index (χ1n) is 9.16. The van der Waals surface area contributed by atoms with E-state index in [9.17, 15) is 9.59 Å². The van der Waals surface area contributed by atoms with Gasteiger partial charge in [-0.1, -0.05) is 24.3 Å². The average molecular weight is 404 g/mol. The Balaban J connectivity index is 1.64. The van der Waals surface area contributed by atoms with E-state index in [1.54, 1.807) is 6.07 Å². The van der Waals surface area contributed by atoms with Crippen LogP contribution in [0.1, 0.15) is 27.9 Å². The van der Waals surface area contributed by atoms with Crippen molar-refractivity contribution in [1.29, 1.82) is 0 Å². The zero-order valence-corrected chi connectivity index (χ0v) is 17.1. The van der Waals surface area contributed by atoms with E-state index in [-0.39, 0.29) is 11.8 Å². The molecule has 29 heavy (non-hydrogen) atoms. The second-order valence-corrected chi connectivity index (χ2v) is 7.86. The maximum absolute atomic E-state index is 12.8. The average Bonchev–Trinajstić information content (AvgIpc) is 3.26. The third-order valence-electron chi connectivity index (χ3n) is 4.58. The fourth-order valence-electron chi connectivity index (χ4n) is 3.12. The number of anilines is 2. The molecule has 0 saturated carbocycles. The van der Waals surface area contributed by atoms with Crippen molar-refractivity contribution in [2.45, 2.75) is 20.8 Å². The fourth-order valence-corrected chi connectivity index (χ4v) is 4.20. The first-order valence-corrected chi connectivity index (χ1v) is 9.98. The van der Waals surface area contributed by atoms with E-state index in [1.807, 2.05) is 67.1 Å². The number of nitrogens with one attached hydrogen (secondary N) is 2. The third-order valence-corrected chi connectivity index (χ3v) is 5.68. The molecule has 2 aromatic heterocycles. The molecule has 0 spiro atoms. The monoisotopic (exact) mass is 404 g/mol. The van der Waals surface area contributed by atoms with Crippen LogP contribution in [0, 0.1) is 13.8 Å². The Morgan fingerprint density at radius 2 is 1.76 bits per heavy atom. The summed E-state index contributed by atoms with van der Waals surface area (Å²) in [5, 5.41) is 11.3. The Morgan fingerprint density at radius 3 is 2.48 bits per heavy atom. The van der Waals surface area contributed by atoms with Gasteiger partial charge in [-0.3, -0.25) is 9.59 Å². The minimum absolute atomic E-state index is 0.151. The number of nitrogens with zero attached hydrogens (tertiary/aromatic N) is 2. The summed E-state index contributed by atoms with van der Waals surface area (Å²) in [5.41, 5.74) is 4.07. The number of carbonyl (C=O) groups excluding carboxylic acids is 2. The number of aromatic nitrogens is 2. The van der Waals surface area contributed by atoms with Gasteiger partial charge in [0.05, 0.1) is 16.3 Å². The summed E-state index contributed by atoms with van der Waals surface area (Å²) in [6.07, 6.45) is 0. The molecule has 0 aliphatic rings. The van der Waals surface area contributed by atoms with Crippen LogP contribution in [0.5, 0.6) is 0 Å². The van der Waals surface area contributed by atoms with Gasteiger partial charge >= 0.3 is 0 Å². The van der Waals surface area contributed by atoms with Crippen molar-refractivity contribution < 1.29 is 9.59 Å². The van der Waals surface area contributed by atoms with Gasteiger partial charge in [0.1, 0.15) is 4.83 Å². The first kappa shape index (κ1) is 18.9. The van der Waals surface area contributed by atoms with Gasteiger partial charge in [0.2, 0.25) is 5.91 Å². The molecule has 4 aromatic rings. The van der Waals surface area contributed by atoms with Gasteiger partial charge in [-0.2, -0.15) is 5.10 Å². The molecule has 2 aromatic carbocycles. The molecule has 146 valence electrons. The van der Waals surface area contributed by atoms with Crippen LogP contribution in [0.4, 0.5) is 11.4 Å². The van der Waals surface area contributed by atoms with Gasteiger partial charge < -0.3 is 10.6 Å². The van der Waals surface area contributed by atoms with Crippen LogP contribution in [-0.4, -0.2) is 21.6 Å². The van der Waals surface area contributed by atoms with Crippen LogP contribution < -0.4 is 10.6 Å².